The number of benzene rings is 2. The maximum absolute atomic E-state index is 9.44. The van der Waals surface area contributed by atoms with E-state index in [1.54, 1.807) is 24.3 Å². The average Bonchev–Trinajstić information content (AvgIpc) is 2.61. The molecule has 3 aromatic rings. The zero-order valence-corrected chi connectivity index (χ0v) is 13.4. The van der Waals surface area contributed by atoms with E-state index in [1.807, 2.05) is 31.2 Å². The van der Waals surface area contributed by atoms with Gasteiger partial charge in [-0.15, -0.1) is 0 Å². The first-order valence-electron chi connectivity index (χ1n) is 7.90. The number of phenolic OH excluding ortho intramolecular Hbond substituents is 1. The maximum Gasteiger partial charge on any atom is 0.229 e. The van der Waals surface area contributed by atoms with Crippen molar-refractivity contribution in [1.82, 2.24) is 9.97 Å². The van der Waals surface area contributed by atoms with Crippen molar-refractivity contribution in [3.8, 4) is 5.75 Å². The fourth-order valence-corrected chi connectivity index (χ4v) is 2.39. The lowest BCUT2D eigenvalue weighted by Gasteiger charge is -2.17. The Labute approximate surface area is 140 Å². The number of fused-ring (bicyclic) bond motifs is 1. The number of hydrogen-bond donors (Lipinski definition) is 4. The van der Waals surface area contributed by atoms with E-state index >= 15 is 0 Å². The number of anilines is 3. The van der Waals surface area contributed by atoms with Crippen molar-refractivity contribution in [3.05, 3.63) is 48.5 Å². The van der Waals surface area contributed by atoms with Gasteiger partial charge in [-0.05, 0) is 42.8 Å². The molecular formula is C18H20N4O2. The molecule has 2 aromatic carbocycles. The van der Waals surface area contributed by atoms with Crippen LogP contribution in [0.2, 0.25) is 0 Å². The number of aromatic hydroxyl groups is 1. The van der Waals surface area contributed by atoms with Crippen LogP contribution in [0.25, 0.3) is 10.9 Å². The van der Waals surface area contributed by atoms with Crippen LogP contribution in [0.5, 0.6) is 5.75 Å². The summed E-state index contributed by atoms with van der Waals surface area (Å²) >= 11 is 0. The topological polar surface area (TPSA) is 90.3 Å². The lowest BCUT2D eigenvalue weighted by atomic mass is 10.2. The minimum Gasteiger partial charge on any atom is -0.508 e. The van der Waals surface area contributed by atoms with Gasteiger partial charge in [-0.3, -0.25) is 0 Å². The van der Waals surface area contributed by atoms with Crippen molar-refractivity contribution in [1.29, 1.82) is 0 Å². The van der Waals surface area contributed by atoms with Gasteiger partial charge in [0.15, 0.2) is 0 Å². The first kappa shape index (κ1) is 16.0. The Morgan fingerprint density at radius 1 is 1.04 bits per heavy atom. The van der Waals surface area contributed by atoms with Gasteiger partial charge in [0.05, 0.1) is 18.2 Å². The van der Waals surface area contributed by atoms with Crippen LogP contribution in [-0.4, -0.2) is 32.8 Å². The molecule has 0 saturated heterocycles. The summed E-state index contributed by atoms with van der Waals surface area (Å²) in [6.45, 7) is 2.04. The number of nitrogens with zero attached hydrogens (tertiary/aromatic N) is 2. The number of aliphatic hydroxyl groups excluding tert-OH is 1. The average molecular weight is 324 g/mol. The lowest BCUT2D eigenvalue weighted by Crippen LogP contribution is -2.23. The Morgan fingerprint density at radius 2 is 1.79 bits per heavy atom. The Morgan fingerprint density at radius 3 is 2.50 bits per heavy atom. The van der Waals surface area contributed by atoms with Gasteiger partial charge in [0.1, 0.15) is 11.6 Å². The Balaban J connectivity index is 1.97. The molecule has 0 radical (unpaired) electrons. The first-order valence-corrected chi connectivity index (χ1v) is 7.90. The molecule has 1 atom stereocenters. The molecule has 0 aliphatic heterocycles. The van der Waals surface area contributed by atoms with Crippen LogP contribution in [-0.2, 0) is 0 Å². The summed E-state index contributed by atoms with van der Waals surface area (Å²) in [7, 11) is 0. The number of phenols is 1. The van der Waals surface area contributed by atoms with Gasteiger partial charge in [0, 0.05) is 11.1 Å². The minimum absolute atomic E-state index is 0.0373. The molecule has 1 unspecified atom stereocenters. The van der Waals surface area contributed by atoms with E-state index in [1.165, 1.54) is 0 Å². The van der Waals surface area contributed by atoms with Crippen LogP contribution in [0.15, 0.2) is 48.5 Å². The SMILES string of the molecule is CCC(CO)Nc1nc(Nc2ccc(O)cc2)nc2ccccc12. The molecule has 0 saturated carbocycles. The van der Waals surface area contributed by atoms with Gasteiger partial charge >= 0.3 is 0 Å². The molecule has 0 aliphatic rings. The van der Waals surface area contributed by atoms with Crippen molar-refractivity contribution in [2.45, 2.75) is 19.4 Å². The van der Waals surface area contributed by atoms with E-state index in [0.717, 1.165) is 23.0 Å². The van der Waals surface area contributed by atoms with E-state index in [2.05, 4.69) is 20.6 Å². The Kier molecular flexibility index (Phi) is 4.77. The largest absolute Gasteiger partial charge is 0.508 e. The second-order valence-electron chi connectivity index (χ2n) is 5.52. The molecule has 124 valence electrons. The fourth-order valence-electron chi connectivity index (χ4n) is 2.39. The molecule has 24 heavy (non-hydrogen) atoms. The molecule has 4 N–H and O–H groups in total. The highest BCUT2D eigenvalue weighted by molar-refractivity contribution is 5.90. The highest BCUT2D eigenvalue weighted by atomic mass is 16.3. The smallest absolute Gasteiger partial charge is 0.229 e. The molecule has 0 bridgehead atoms. The van der Waals surface area contributed by atoms with E-state index < -0.39 is 0 Å². The van der Waals surface area contributed by atoms with E-state index in [4.69, 9.17) is 0 Å². The molecule has 0 amide bonds. The second-order valence-corrected chi connectivity index (χ2v) is 5.52. The number of hydrogen-bond acceptors (Lipinski definition) is 6. The molecule has 1 aromatic heterocycles. The highest BCUT2D eigenvalue weighted by Gasteiger charge is 2.11. The van der Waals surface area contributed by atoms with Gasteiger partial charge in [-0.25, -0.2) is 4.98 Å². The summed E-state index contributed by atoms with van der Waals surface area (Å²) in [6.07, 6.45) is 0.787. The molecule has 0 fully saturated rings. The van der Waals surface area contributed by atoms with Gasteiger partial charge in [0.2, 0.25) is 5.95 Å². The van der Waals surface area contributed by atoms with Crippen LogP contribution >= 0.6 is 0 Å². The van der Waals surface area contributed by atoms with Crippen molar-refractivity contribution in [2.24, 2.45) is 0 Å². The predicted molar refractivity (Wildman–Crippen MR) is 95.7 cm³/mol. The summed E-state index contributed by atoms with van der Waals surface area (Å²) in [5.41, 5.74) is 1.59. The number of rotatable bonds is 6. The third-order valence-electron chi connectivity index (χ3n) is 3.78. The molecule has 3 rings (SSSR count). The van der Waals surface area contributed by atoms with Crippen molar-refractivity contribution in [2.75, 3.05) is 17.2 Å². The summed E-state index contributed by atoms with van der Waals surface area (Å²) in [6, 6.07) is 14.4. The Hall–Kier alpha value is -2.86. The van der Waals surface area contributed by atoms with E-state index in [-0.39, 0.29) is 18.4 Å². The Bertz CT molecular complexity index is 817. The van der Waals surface area contributed by atoms with Crippen LogP contribution in [0.3, 0.4) is 0 Å². The number of para-hydroxylation sites is 1. The van der Waals surface area contributed by atoms with Crippen molar-refractivity contribution in [3.63, 3.8) is 0 Å². The summed E-state index contributed by atoms with van der Waals surface area (Å²) in [5, 5.41) is 26.1. The summed E-state index contributed by atoms with van der Waals surface area (Å²) in [4.78, 5) is 9.07. The number of aromatic nitrogens is 2. The fraction of sp³-hybridized carbons (Fsp3) is 0.222. The predicted octanol–water partition coefficient (Wildman–Crippen LogP) is 3.26. The van der Waals surface area contributed by atoms with Crippen molar-refractivity contribution < 1.29 is 10.2 Å². The second kappa shape index (κ2) is 7.14. The summed E-state index contributed by atoms with van der Waals surface area (Å²) in [5.74, 6) is 1.34. The number of aliphatic hydroxyl groups is 1. The zero-order valence-electron chi connectivity index (χ0n) is 13.4. The van der Waals surface area contributed by atoms with Gasteiger partial charge in [-0.2, -0.15) is 4.98 Å². The maximum atomic E-state index is 9.44. The molecule has 6 nitrogen and oxygen atoms in total. The minimum atomic E-state index is -0.0650. The molecular weight excluding hydrogens is 304 g/mol. The van der Waals surface area contributed by atoms with E-state index in [9.17, 15) is 10.2 Å². The van der Waals surface area contributed by atoms with Crippen LogP contribution in [0.1, 0.15) is 13.3 Å². The zero-order chi connectivity index (χ0) is 16.9. The summed E-state index contributed by atoms with van der Waals surface area (Å²) < 4.78 is 0. The van der Waals surface area contributed by atoms with E-state index in [0.29, 0.717) is 11.8 Å². The third kappa shape index (κ3) is 3.55. The molecule has 6 heteroatoms. The molecule has 0 spiro atoms. The molecule has 0 aliphatic carbocycles. The quantitative estimate of drug-likeness (QED) is 0.520. The van der Waals surface area contributed by atoms with Crippen LogP contribution in [0.4, 0.5) is 17.5 Å². The highest BCUT2D eigenvalue weighted by Crippen LogP contribution is 2.25. The van der Waals surface area contributed by atoms with Crippen molar-refractivity contribution >= 4 is 28.4 Å². The standard InChI is InChI=1S/C18H20N4O2/c1-2-12(11-23)19-17-15-5-3-4-6-16(15)21-18(22-17)20-13-7-9-14(24)10-8-13/h3-10,12,23-24H,2,11H2,1H3,(H2,19,20,21,22). The first-order chi connectivity index (χ1) is 11.7. The molecule has 1 heterocycles. The number of nitrogens with one attached hydrogen (secondary N) is 2. The monoisotopic (exact) mass is 324 g/mol. The van der Waals surface area contributed by atoms with Gasteiger partial charge in [-0.1, -0.05) is 19.1 Å². The third-order valence-corrected chi connectivity index (χ3v) is 3.78. The van der Waals surface area contributed by atoms with Crippen LogP contribution in [0, 0.1) is 0 Å². The van der Waals surface area contributed by atoms with Gasteiger partial charge < -0.3 is 20.8 Å². The van der Waals surface area contributed by atoms with Crippen LogP contribution < -0.4 is 10.6 Å². The lowest BCUT2D eigenvalue weighted by molar-refractivity contribution is 0.271. The van der Waals surface area contributed by atoms with Gasteiger partial charge in [0.25, 0.3) is 0 Å². The normalized spacial score (nSPS) is 12.1.